The zero-order chi connectivity index (χ0) is 18.5. The SMILES string of the molecule is N#C/C(=C\c1ccc(-c2ccc([N+](=O)[O-])cc2)o1)C(=O)N1CCOCC1. The van der Waals surface area contributed by atoms with Gasteiger partial charge in [-0.3, -0.25) is 14.9 Å². The minimum atomic E-state index is -0.476. The molecule has 1 amide bonds. The van der Waals surface area contributed by atoms with Crippen LogP contribution in [0.1, 0.15) is 5.76 Å². The van der Waals surface area contributed by atoms with E-state index in [2.05, 4.69) is 0 Å². The number of morpholine rings is 1. The highest BCUT2D eigenvalue weighted by molar-refractivity contribution is 6.01. The molecule has 0 unspecified atom stereocenters. The number of rotatable bonds is 4. The Labute approximate surface area is 149 Å². The first-order valence-corrected chi connectivity index (χ1v) is 7.92. The van der Waals surface area contributed by atoms with Crippen LogP contribution in [0.2, 0.25) is 0 Å². The topological polar surface area (TPSA) is 110 Å². The van der Waals surface area contributed by atoms with Gasteiger partial charge in [0, 0.05) is 36.9 Å². The van der Waals surface area contributed by atoms with E-state index in [1.807, 2.05) is 6.07 Å². The number of nitro groups is 1. The van der Waals surface area contributed by atoms with Crippen LogP contribution in [0.5, 0.6) is 0 Å². The van der Waals surface area contributed by atoms with Crippen molar-refractivity contribution in [3.8, 4) is 17.4 Å². The van der Waals surface area contributed by atoms with E-state index in [1.165, 1.54) is 18.2 Å². The Hall–Kier alpha value is -3.44. The van der Waals surface area contributed by atoms with E-state index in [4.69, 9.17) is 9.15 Å². The third-order valence-electron chi connectivity index (χ3n) is 3.93. The van der Waals surface area contributed by atoms with Gasteiger partial charge in [-0.1, -0.05) is 0 Å². The molecular formula is C18H15N3O5. The van der Waals surface area contributed by atoms with E-state index < -0.39 is 4.92 Å². The van der Waals surface area contributed by atoms with Crippen molar-refractivity contribution in [3.63, 3.8) is 0 Å². The van der Waals surface area contributed by atoms with Crippen LogP contribution in [-0.4, -0.2) is 42.0 Å². The fraction of sp³-hybridized carbons (Fsp3) is 0.222. The molecule has 1 saturated heterocycles. The summed E-state index contributed by atoms with van der Waals surface area (Å²) < 4.78 is 10.8. The molecule has 0 spiro atoms. The van der Waals surface area contributed by atoms with E-state index >= 15 is 0 Å². The maximum atomic E-state index is 12.4. The summed E-state index contributed by atoms with van der Waals surface area (Å²) in [6.45, 7) is 1.80. The largest absolute Gasteiger partial charge is 0.457 e. The molecule has 1 fully saturated rings. The van der Waals surface area contributed by atoms with E-state index in [1.54, 1.807) is 29.2 Å². The molecule has 2 aromatic rings. The van der Waals surface area contributed by atoms with Crippen molar-refractivity contribution in [2.24, 2.45) is 0 Å². The third kappa shape index (κ3) is 3.79. The molecule has 0 saturated carbocycles. The number of carbonyl (C=O) groups excluding carboxylic acids is 1. The van der Waals surface area contributed by atoms with Gasteiger partial charge in [-0.2, -0.15) is 5.26 Å². The number of hydrogen-bond acceptors (Lipinski definition) is 6. The summed E-state index contributed by atoms with van der Waals surface area (Å²) in [4.78, 5) is 24.2. The summed E-state index contributed by atoms with van der Waals surface area (Å²) in [5.74, 6) is 0.489. The zero-order valence-corrected chi connectivity index (χ0v) is 13.8. The lowest BCUT2D eigenvalue weighted by Crippen LogP contribution is -2.41. The Morgan fingerprint density at radius 3 is 2.50 bits per heavy atom. The number of benzene rings is 1. The van der Waals surface area contributed by atoms with Gasteiger partial charge < -0.3 is 14.1 Å². The normalized spacial score (nSPS) is 14.7. The number of carbonyl (C=O) groups is 1. The van der Waals surface area contributed by atoms with Crippen LogP contribution < -0.4 is 0 Å². The van der Waals surface area contributed by atoms with E-state index in [9.17, 15) is 20.2 Å². The number of nitriles is 1. The lowest BCUT2D eigenvalue weighted by Gasteiger charge is -2.26. The molecule has 1 aromatic heterocycles. The Kier molecular flexibility index (Phi) is 5.10. The minimum absolute atomic E-state index is 0.0108. The monoisotopic (exact) mass is 353 g/mol. The molecule has 1 aliphatic heterocycles. The highest BCUT2D eigenvalue weighted by atomic mass is 16.6. The molecule has 8 nitrogen and oxygen atoms in total. The van der Waals surface area contributed by atoms with Crippen molar-refractivity contribution < 1.29 is 18.9 Å². The van der Waals surface area contributed by atoms with Crippen molar-refractivity contribution in [2.45, 2.75) is 0 Å². The minimum Gasteiger partial charge on any atom is -0.457 e. The van der Waals surface area contributed by atoms with E-state index in [-0.39, 0.29) is 17.2 Å². The summed E-state index contributed by atoms with van der Waals surface area (Å²) in [5, 5.41) is 20.0. The number of furan rings is 1. The Bertz CT molecular complexity index is 886. The number of amides is 1. The van der Waals surface area contributed by atoms with E-state index in [0.29, 0.717) is 43.4 Å². The van der Waals surface area contributed by atoms with Gasteiger partial charge in [0.2, 0.25) is 0 Å². The Morgan fingerprint density at radius 1 is 1.19 bits per heavy atom. The summed E-state index contributed by atoms with van der Waals surface area (Å²) in [7, 11) is 0. The summed E-state index contributed by atoms with van der Waals surface area (Å²) in [6, 6.07) is 11.2. The molecule has 0 atom stereocenters. The predicted molar refractivity (Wildman–Crippen MR) is 91.8 cm³/mol. The fourth-order valence-electron chi connectivity index (χ4n) is 2.55. The number of hydrogen-bond donors (Lipinski definition) is 0. The molecule has 8 heteroatoms. The zero-order valence-electron chi connectivity index (χ0n) is 13.8. The van der Waals surface area contributed by atoms with Crippen LogP contribution in [0.25, 0.3) is 17.4 Å². The summed E-state index contributed by atoms with van der Waals surface area (Å²) in [6.07, 6.45) is 1.40. The Morgan fingerprint density at radius 2 is 1.88 bits per heavy atom. The van der Waals surface area contributed by atoms with Gasteiger partial charge in [0.25, 0.3) is 11.6 Å². The second-order valence-electron chi connectivity index (χ2n) is 5.58. The van der Waals surface area contributed by atoms with Crippen LogP contribution in [0.15, 0.2) is 46.4 Å². The quantitative estimate of drug-likeness (QED) is 0.362. The van der Waals surface area contributed by atoms with Crippen LogP contribution >= 0.6 is 0 Å². The third-order valence-corrected chi connectivity index (χ3v) is 3.93. The summed E-state index contributed by atoms with van der Waals surface area (Å²) >= 11 is 0. The molecule has 26 heavy (non-hydrogen) atoms. The smallest absolute Gasteiger partial charge is 0.269 e. The maximum absolute atomic E-state index is 12.4. The van der Waals surface area contributed by atoms with Crippen LogP contribution in [-0.2, 0) is 9.53 Å². The molecule has 0 radical (unpaired) electrons. The number of nitro benzene ring substituents is 1. The number of ether oxygens (including phenoxy) is 1. The van der Waals surface area contributed by atoms with Crippen molar-refractivity contribution >= 4 is 17.7 Å². The molecule has 1 aliphatic rings. The molecular weight excluding hydrogens is 338 g/mol. The van der Waals surface area contributed by atoms with Gasteiger partial charge in [0.15, 0.2) is 0 Å². The molecule has 2 heterocycles. The van der Waals surface area contributed by atoms with Crippen molar-refractivity contribution in [2.75, 3.05) is 26.3 Å². The highest BCUT2D eigenvalue weighted by Crippen LogP contribution is 2.25. The van der Waals surface area contributed by atoms with Crippen molar-refractivity contribution in [1.82, 2.24) is 4.90 Å². The van der Waals surface area contributed by atoms with Gasteiger partial charge in [0.1, 0.15) is 23.2 Å². The first-order chi connectivity index (χ1) is 12.6. The van der Waals surface area contributed by atoms with Gasteiger partial charge in [0.05, 0.1) is 18.1 Å². The standard InChI is InChI=1S/C18H15N3O5/c19-12-14(18(22)20-7-9-25-10-8-20)11-16-5-6-17(26-16)13-1-3-15(4-2-13)21(23)24/h1-6,11H,7-10H2/b14-11+. The Balaban J connectivity index is 1.79. The van der Waals surface area contributed by atoms with Gasteiger partial charge >= 0.3 is 0 Å². The van der Waals surface area contributed by atoms with Crippen LogP contribution in [0, 0.1) is 21.4 Å². The van der Waals surface area contributed by atoms with E-state index in [0.717, 1.165) is 0 Å². The molecule has 0 N–H and O–H groups in total. The molecule has 0 aliphatic carbocycles. The molecule has 0 bridgehead atoms. The lowest BCUT2D eigenvalue weighted by atomic mass is 10.1. The first-order valence-electron chi connectivity index (χ1n) is 7.92. The predicted octanol–water partition coefficient (Wildman–Crippen LogP) is 2.62. The van der Waals surface area contributed by atoms with Crippen LogP contribution in [0.4, 0.5) is 5.69 Å². The number of nitrogens with zero attached hydrogens (tertiary/aromatic N) is 3. The molecule has 3 rings (SSSR count). The van der Waals surface area contributed by atoms with Crippen LogP contribution in [0.3, 0.4) is 0 Å². The second-order valence-corrected chi connectivity index (χ2v) is 5.58. The second kappa shape index (κ2) is 7.63. The summed E-state index contributed by atoms with van der Waals surface area (Å²) in [5.41, 5.74) is 0.632. The average Bonchev–Trinajstić information content (AvgIpc) is 3.15. The first kappa shape index (κ1) is 17.4. The van der Waals surface area contributed by atoms with Crippen molar-refractivity contribution in [3.05, 3.63) is 57.8 Å². The van der Waals surface area contributed by atoms with Gasteiger partial charge in [-0.15, -0.1) is 0 Å². The average molecular weight is 353 g/mol. The maximum Gasteiger partial charge on any atom is 0.269 e. The highest BCUT2D eigenvalue weighted by Gasteiger charge is 2.21. The van der Waals surface area contributed by atoms with Gasteiger partial charge in [-0.25, -0.2) is 0 Å². The molecule has 1 aromatic carbocycles. The number of non-ortho nitro benzene ring substituents is 1. The fourth-order valence-corrected chi connectivity index (χ4v) is 2.55. The lowest BCUT2D eigenvalue weighted by molar-refractivity contribution is -0.384. The van der Waals surface area contributed by atoms with Crippen molar-refractivity contribution in [1.29, 1.82) is 5.26 Å². The molecule has 132 valence electrons. The van der Waals surface area contributed by atoms with Gasteiger partial charge in [-0.05, 0) is 24.3 Å².